The molecule has 172 valence electrons. The van der Waals surface area contributed by atoms with E-state index in [1.807, 2.05) is 55.8 Å². The van der Waals surface area contributed by atoms with Crippen LogP contribution in [0.2, 0.25) is 0 Å². The molecule has 2 aliphatic rings. The van der Waals surface area contributed by atoms with Gasteiger partial charge in [0.05, 0.1) is 18.3 Å². The third kappa shape index (κ3) is 5.41. The first-order valence-corrected chi connectivity index (χ1v) is 11.3. The van der Waals surface area contributed by atoms with Gasteiger partial charge in [-0.2, -0.15) is 5.10 Å². The number of nitrogens with zero attached hydrogens (tertiary/aromatic N) is 4. The maximum absolute atomic E-state index is 12.4. The summed E-state index contributed by atoms with van der Waals surface area (Å²) in [4.78, 5) is 28.3. The van der Waals surface area contributed by atoms with E-state index in [0.29, 0.717) is 32.8 Å². The largest absolute Gasteiger partial charge is 0.445 e. The standard InChI is InChI=1S/C24H32N4O4/c1-24(2,3)32-23(30)27-12-9-19-15-28(25-21(19)16-27)20-10-13-26(14-11-20)22(29)31-17-18-7-5-4-6-8-18/h4-8,15,20H,9-14,16-17H2,1-3H3. The molecule has 32 heavy (non-hydrogen) atoms. The van der Waals surface area contributed by atoms with Crippen molar-refractivity contribution in [2.75, 3.05) is 19.6 Å². The molecule has 1 fully saturated rings. The maximum atomic E-state index is 12.4. The molecule has 2 aliphatic heterocycles. The van der Waals surface area contributed by atoms with Crippen LogP contribution < -0.4 is 0 Å². The first-order valence-electron chi connectivity index (χ1n) is 11.3. The summed E-state index contributed by atoms with van der Waals surface area (Å²) in [6.07, 6.45) is 3.99. The number of ether oxygens (including phenoxy) is 2. The van der Waals surface area contributed by atoms with Gasteiger partial charge in [-0.1, -0.05) is 30.3 Å². The van der Waals surface area contributed by atoms with Crippen molar-refractivity contribution < 1.29 is 19.1 Å². The molecule has 1 saturated heterocycles. The number of aromatic nitrogens is 2. The lowest BCUT2D eigenvalue weighted by Gasteiger charge is -2.31. The van der Waals surface area contributed by atoms with Crippen LogP contribution in [0.1, 0.15) is 56.5 Å². The summed E-state index contributed by atoms with van der Waals surface area (Å²) in [7, 11) is 0. The molecule has 1 aromatic heterocycles. The van der Waals surface area contributed by atoms with Gasteiger partial charge in [-0.25, -0.2) is 9.59 Å². The summed E-state index contributed by atoms with van der Waals surface area (Å²) >= 11 is 0. The van der Waals surface area contributed by atoms with Crippen LogP contribution >= 0.6 is 0 Å². The quantitative estimate of drug-likeness (QED) is 0.717. The van der Waals surface area contributed by atoms with Crippen LogP contribution in [-0.4, -0.2) is 57.0 Å². The number of carbonyl (C=O) groups is 2. The lowest BCUT2D eigenvalue weighted by atomic mass is 10.1. The summed E-state index contributed by atoms with van der Waals surface area (Å²) in [6, 6.07) is 9.95. The second kappa shape index (κ2) is 9.22. The zero-order valence-corrected chi connectivity index (χ0v) is 19.1. The van der Waals surface area contributed by atoms with E-state index >= 15 is 0 Å². The molecule has 2 aromatic rings. The van der Waals surface area contributed by atoms with E-state index in [4.69, 9.17) is 14.6 Å². The van der Waals surface area contributed by atoms with Gasteiger partial charge in [0.1, 0.15) is 12.2 Å². The van der Waals surface area contributed by atoms with Crippen LogP contribution in [0.3, 0.4) is 0 Å². The highest BCUT2D eigenvalue weighted by molar-refractivity contribution is 5.68. The van der Waals surface area contributed by atoms with Crippen molar-refractivity contribution in [3.05, 3.63) is 53.3 Å². The molecule has 0 radical (unpaired) electrons. The van der Waals surface area contributed by atoms with Gasteiger partial charge in [0.15, 0.2) is 0 Å². The molecule has 0 bridgehead atoms. The van der Waals surface area contributed by atoms with Crippen LogP contribution in [0.15, 0.2) is 36.5 Å². The van der Waals surface area contributed by atoms with Crippen LogP contribution in [0, 0.1) is 0 Å². The molecule has 8 nitrogen and oxygen atoms in total. The first kappa shape index (κ1) is 22.2. The van der Waals surface area contributed by atoms with E-state index in [0.717, 1.165) is 30.5 Å². The van der Waals surface area contributed by atoms with Crippen LogP contribution in [-0.2, 0) is 29.0 Å². The highest BCUT2D eigenvalue weighted by Gasteiger charge is 2.30. The molecular weight excluding hydrogens is 408 g/mol. The number of piperidine rings is 1. The molecule has 4 rings (SSSR count). The smallest absolute Gasteiger partial charge is 0.410 e. The molecular formula is C24H32N4O4. The minimum absolute atomic E-state index is 0.244. The monoisotopic (exact) mass is 440 g/mol. The number of benzene rings is 1. The maximum Gasteiger partial charge on any atom is 0.410 e. The van der Waals surface area contributed by atoms with Crippen molar-refractivity contribution in [3.8, 4) is 0 Å². The van der Waals surface area contributed by atoms with Gasteiger partial charge in [0.2, 0.25) is 0 Å². The molecule has 0 spiro atoms. The lowest BCUT2D eigenvalue weighted by Crippen LogP contribution is -2.40. The summed E-state index contributed by atoms with van der Waals surface area (Å²) in [5, 5.41) is 4.78. The lowest BCUT2D eigenvalue weighted by molar-refractivity contribution is 0.0221. The Bertz CT molecular complexity index is 943. The number of carbonyl (C=O) groups excluding carboxylic acids is 2. The zero-order valence-electron chi connectivity index (χ0n) is 19.1. The van der Waals surface area contributed by atoms with Crippen molar-refractivity contribution in [3.63, 3.8) is 0 Å². The fourth-order valence-corrected chi connectivity index (χ4v) is 4.12. The molecule has 3 heterocycles. The molecule has 8 heteroatoms. The van der Waals surface area contributed by atoms with Crippen molar-refractivity contribution in [1.29, 1.82) is 0 Å². The number of fused-ring (bicyclic) bond motifs is 1. The van der Waals surface area contributed by atoms with Crippen LogP contribution in [0.4, 0.5) is 9.59 Å². The highest BCUT2D eigenvalue weighted by atomic mass is 16.6. The van der Waals surface area contributed by atoms with E-state index in [1.165, 1.54) is 5.56 Å². The number of likely N-dealkylation sites (tertiary alicyclic amines) is 1. The third-order valence-electron chi connectivity index (χ3n) is 5.84. The van der Waals surface area contributed by atoms with Gasteiger partial charge < -0.3 is 19.3 Å². The van der Waals surface area contributed by atoms with Gasteiger partial charge in [-0.05, 0) is 51.2 Å². The molecule has 0 aliphatic carbocycles. The summed E-state index contributed by atoms with van der Waals surface area (Å²) < 4.78 is 13.0. The van der Waals surface area contributed by atoms with Crippen molar-refractivity contribution in [1.82, 2.24) is 19.6 Å². The van der Waals surface area contributed by atoms with Crippen molar-refractivity contribution in [2.24, 2.45) is 0 Å². The molecule has 0 N–H and O–H groups in total. The topological polar surface area (TPSA) is 76.9 Å². The van der Waals surface area contributed by atoms with E-state index in [-0.39, 0.29) is 18.2 Å². The second-order valence-corrected chi connectivity index (χ2v) is 9.49. The first-order chi connectivity index (χ1) is 15.3. The summed E-state index contributed by atoms with van der Waals surface area (Å²) in [5.41, 5.74) is 2.60. The predicted molar refractivity (Wildman–Crippen MR) is 119 cm³/mol. The van der Waals surface area contributed by atoms with Gasteiger partial charge in [-0.15, -0.1) is 0 Å². The van der Waals surface area contributed by atoms with Gasteiger partial charge in [-0.3, -0.25) is 4.68 Å². The predicted octanol–water partition coefficient (Wildman–Crippen LogP) is 4.15. The number of rotatable bonds is 3. The van der Waals surface area contributed by atoms with Gasteiger partial charge in [0, 0.05) is 25.8 Å². The van der Waals surface area contributed by atoms with Gasteiger partial charge in [0.25, 0.3) is 0 Å². The number of hydrogen-bond acceptors (Lipinski definition) is 5. The zero-order chi connectivity index (χ0) is 22.7. The highest BCUT2D eigenvalue weighted by Crippen LogP contribution is 2.26. The fourth-order valence-electron chi connectivity index (χ4n) is 4.12. The van der Waals surface area contributed by atoms with E-state index in [2.05, 4.69) is 6.20 Å². The Kier molecular flexibility index (Phi) is 6.39. The summed E-state index contributed by atoms with van der Waals surface area (Å²) in [6.45, 7) is 8.32. The average molecular weight is 441 g/mol. The summed E-state index contributed by atoms with van der Waals surface area (Å²) in [5.74, 6) is 0. The van der Waals surface area contributed by atoms with E-state index < -0.39 is 5.60 Å². The Labute approximate surface area is 189 Å². The normalized spacial score (nSPS) is 17.1. The van der Waals surface area contributed by atoms with Gasteiger partial charge >= 0.3 is 12.2 Å². The van der Waals surface area contributed by atoms with E-state index in [1.54, 1.807) is 9.80 Å². The molecule has 1 aromatic carbocycles. The van der Waals surface area contributed by atoms with Crippen LogP contribution in [0.5, 0.6) is 0 Å². The minimum Gasteiger partial charge on any atom is -0.445 e. The molecule has 0 unspecified atom stereocenters. The van der Waals surface area contributed by atoms with Crippen molar-refractivity contribution in [2.45, 2.75) is 64.8 Å². The Hall–Kier alpha value is -3.03. The Morgan fingerprint density at radius 2 is 1.75 bits per heavy atom. The minimum atomic E-state index is -0.507. The third-order valence-corrected chi connectivity index (χ3v) is 5.84. The average Bonchev–Trinajstić information content (AvgIpc) is 3.20. The Balaban J connectivity index is 1.28. The number of amides is 2. The van der Waals surface area contributed by atoms with Crippen LogP contribution in [0.25, 0.3) is 0 Å². The SMILES string of the molecule is CC(C)(C)OC(=O)N1CCc2cn(C3CCN(C(=O)OCc4ccccc4)CC3)nc2C1. The van der Waals surface area contributed by atoms with Crippen molar-refractivity contribution >= 4 is 12.2 Å². The second-order valence-electron chi connectivity index (χ2n) is 9.49. The molecule has 0 atom stereocenters. The Morgan fingerprint density at radius 3 is 2.44 bits per heavy atom. The number of hydrogen-bond donors (Lipinski definition) is 0. The Morgan fingerprint density at radius 1 is 1.03 bits per heavy atom. The molecule has 2 amide bonds. The van der Waals surface area contributed by atoms with E-state index in [9.17, 15) is 9.59 Å². The fraction of sp³-hybridized carbons (Fsp3) is 0.542. The molecule has 0 saturated carbocycles.